The van der Waals surface area contributed by atoms with Gasteiger partial charge in [0.25, 0.3) is 0 Å². The normalized spacial score (nSPS) is 18.3. The predicted octanol–water partition coefficient (Wildman–Crippen LogP) is 2.49. The van der Waals surface area contributed by atoms with E-state index in [2.05, 4.69) is 20.6 Å². The Morgan fingerprint density at radius 2 is 1.96 bits per heavy atom. The molecule has 2 amide bonds. The number of amides is 2. The van der Waals surface area contributed by atoms with E-state index in [4.69, 9.17) is 0 Å². The van der Waals surface area contributed by atoms with Crippen LogP contribution in [0.3, 0.4) is 0 Å². The Morgan fingerprint density at radius 3 is 2.81 bits per heavy atom. The Bertz CT molecular complexity index is 953. The first-order valence-electron chi connectivity index (χ1n) is 8.53. The minimum Gasteiger partial charge on any atom is -0.347 e. The number of nitrogens with zero attached hydrogens (tertiary/aromatic N) is 2. The van der Waals surface area contributed by atoms with Crippen molar-refractivity contribution in [2.45, 2.75) is 12.3 Å². The number of carbonyl (C=O) groups is 2. The van der Waals surface area contributed by atoms with Gasteiger partial charge < -0.3 is 10.6 Å². The maximum absolute atomic E-state index is 12.4. The zero-order valence-electron chi connectivity index (χ0n) is 14.1. The fourth-order valence-corrected chi connectivity index (χ4v) is 3.21. The van der Waals surface area contributed by atoms with E-state index in [9.17, 15) is 9.59 Å². The Labute approximate surface area is 150 Å². The molecule has 2 N–H and O–H groups in total. The van der Waals surface area contributed by atoms with Crippen molar-refractivity contribution in [2.75, 3.05) is 11.9 Å². The van der Waals surface area contributed by atoms with Crippen molar-refractivity contribution in [2.24, 2.45) is 5.92 Å². The standard InChI is InChI=1S/C20H18N4O2/c25-19(24-13-4-3-8-21-11-13)12-23-20(26)17-10-16(17)14-7-9-22-18-6-2-1-5-15(14)18/h1-9,11,16-17H,10,12H2,(H,23,26)(H,24,25)/t16-,17+/m0/s1. The molecule has 1 aliphatic carbocycles. The molecule has 1 fully saturated rings. The second-order valence-corrected chi connectivity index (χ2v) is 6.37. The molecule has 26 heavy (non-hydrogen) atoms. The monoisotopic (exact) mass is 346 g/mol. The molecule has 1 saturated carbocycles. The third kappa shape index (κ3) is 3.39. The number of benzene rings is 1. The Hall–Kier alpha value is -3.28. The largest absolute Gasteiger partial charge is 0.347 e. The molecule has 2 aromatic heterocycles. The van der Waals surface area contributed by atoms with E-state index < -0.39 is 0 Å². The average molecular weight is 346 g/mol. The summed E-state index contributed by atoms with van der Waals surface area (Å²) in [5.41, 5.74) is 2.70. The summed E-state index contributed by atoms with van der Waals surface area (Å²) in [6.07, 6.45) is 5.77. The van der Waals surface area contributed by atoms with Crippen LogP contribution in [-0.4, -0.2) is 28.3 Å². The van der Waals surface area contributed by atoms with Crippen LogP contribution < -0.4 is 10.6 Å². The molecule has 6 heteroatoms. The summed E-state index contributed by atoms with van der Waals surface area (Å²) >= 11 is 0. The zero-order chi connectivity index (χ0) is 17.9. The van der Waals surface area contributed by atoms with Crippen molar-refractivity contribution in [1.82, 2.24) is 15.3 Å². The van der Waals surface area contributed by atoms with E-state index in [0.29, 0.717) is 5.69 Å². The molecule has 3 aromatic rings. The average Bonchev–Trinajstić information content (AvgIpc) is 3.47. The second-order valence-electron chi connectivity index (χ2n) is 6.37. The quantitative estimate of drug-likeness (QED) is 0.743. The Morgan fingerprint density at radius 1 is 1.08 bits per heavy atom. The molecule has 0 bridgehead atoms. The number of pyridine rings is 2. The van der Waals surface area contributed by atoms with Crippen LogP contribution in [0.2, 0.25) is 0 Å². The van der Waals surface area contributed by atoms with Gasteiger partial charge in [-0.2, -0.15) is 0 Å². The first-order valence-corrected chi connectivity index (χ1v) is 8.53. The number of hydrogen-bond acceptors (Lipinski definition) is 4. The van der Waals surface area contributed by atoms with Gasteiger partial charge in [0, 0.05) is 23.7 Å². The molecular formula is C20H18N4O2. The highest BCUT2D eigenvalue weighted by atomic mass is 16.2. The molecule has 6 nitrogen and oxygen atoms in total. The molecule has 0 saturated heterocycles. The molecule has 0 radical (unpaired) electrons. The lowest BCUT2D eigenvalue weighted by Gasteiger charge is -2.07. The maximum atomic E-state index is 12.4. The van der Waals surface area contributed by atoms with Crippen LogP contribution in [-0.2, 0) is 9.59 Å². The fraction of sp³-hybridized carbons (Fsp3) is 0.200. The Balaban J connectivity index is 1.35. The van der Waals surface area contributed by atoms with E-state index in [1.807, 2.05) is 30.3 Å². The van der Waals surface area contributed by atoms with Crippen LogP contribution in [0.4, 0.5) is 5.69 Å². The van der Waals surface area contributed by atoms with Gasteiger partial charge in [-0.1, -0.05) is 18.2 Å². The van der Waals surface area contributed by atoms with Crippen LogP contribution in [0, 0.1) is 5.92 Å². The van der Waals surface area contributed by atoms with Gasteiger partial charge in [0.15, 0.2) is 0 Å². The van der Waals surface area contributed by atoms with E-state index in [-0.39, 0.29) is 30.2 Å². The van der Waals surface area contributed by atoms with Crippen LogP contribution in [0.5, 0.6) is 0 Å². The second kappa shape index (κ2) is 6.92. The fourth-order valence-electron chi connectivity index (χ4n) is 3.21. The lowest BCUT2D eigenvalue weighted by atomic mass is 10.0. The molecular weight excluding hydrogens is 328 g/mol. The highest BCUT2D eigenvalue weighted by molar-refractivity contribution is 5.95. The summed E-state index contributed by atoms with van der Waals surface area (Å²) in [7, 11) is 0. The molecule has 2 heterocycles. The van der Waals surface area contributed by atoms with Crippen molar-refractivity contribution in [1.29, 1.82) is 0 Å². The molecule has 0 unspecified atom stereocenters. The number of hydrogen-bond donors (Lipinski definition) is 2. The van der Waals surface area contributed by atoms with Gasteiger partial charge in [-0.05, 0) is 42.2 Å². The van der Waals surface area contributed by atoms with Gasteiger partial charge in [-0.25, -0.2) is 0 Å². The van der Waals surface area contributed by atoms with E-state index in [0.717, 1.165) is 22.9 Å². The highest BCUT2D eigenvalue weighted by Crippen LogP contribution is 2.49. The summed E-state index contributed by atoms with van der Waals surface area (Å²) in [5, 5.41) is 6.51. The number of aromatic nitrogens is 2. The third-order valence-electron chi connectivity index (χ3n) is 4.58. The SMILES string of the molecule is O=C(CNC(=O)[C@@H]1C[C@H]1c1ccnc2ccccc12)Nc1cccnc1. The number of nitrogens with one attached hydrogen (secondary N) is 2. The van der Waals surface area contributed by atoms with Crippen LogP contribution in [0.25, 0.3) is 10.9 Å². The van der Waals surface area contributed by atoms with Crippen LogP contribution in [0.1, 0.15) is 17.9 Å². The first kappa shape index (κ1) is 16.2. The van der Waals surface area contributed by atoms with Gasteiger partial charge in [-0.3, -0.25) is 19.6 Å². The molecule has 0 spiro atoms. The van der Waals surface area contributed by atoms with Gasteiger partial charge in [0.2, 0.25) is 11.8 Å². The number of anilines is 1. The van der Waals surface area contributed by atoms with Gasteiger partial charge in [-0.15, -0.1) is 0 Å². The van der Waals surface area contributed by atoms with E-state index >= 15 is 0 Å². The lowest BCUT2D eigenvalue weighted by Crippen LogP contribution is -2.34. The van der Waals surface area contributed by atoms with Gasteiger partial charge in [0.1, 0.15) is 0 Å². The van der Waals surface area contributed by atoms with Crippen molar-refractivity contribution >= 4 is 28.4 Å². The smallest absolute Gasteiger partial charge is 0.243 e. The van der Waals surface area contributed by atoms with Crippen molar-refractivity contribution in [3.05, 3.63) is 66.6 Å². The highest BCUT2D eigenvalue weighted by Gasteiger charge is 2.44. The summed E-state index contributed by atoms with van der Waals surface area (Å²) in [4.78, 5) is 32.6. The minimum atomic E-state index is -0.266. The predicted molar refractivity (Wildman–Crippen MR) is 98.5 cm³/mol. The number of para-hydroxylation sites is 1. The number of rotatable bonds is 5. The van der Waals surface area contributed by atoms with E-state index in [1.54, 1.807) is 30.7 Å². The van der Waals surface area contributed by atoms with E-state index in [1.165, 1.54) is 0 Å². The molecule has 2 atom stereocenters. The first-order chi connectivity index (χ1) is 12.7. The van der Waals surface area contributed by atoms with Crippen molar-refractivity contribution in [3.63, 3.8) is 0 Å². The van der Waals surface area contributed by atoms with Crippen molar-refractivity contribution in [3.8, 4) is 0 Å². The van der Waals surface area contributed by atoms with Crippen LogP contribution >= 0.6 is 0 Å². The lowest BCUT2D eigenvalue weighted by molar-refractivity contribution is -0.125. The summed E-state index contributed by atoms with van der Waals surface area (Å²) < 4.78 is 0. The van der Waals surface area contributed by atoms with Gasteiger partial charge >= 0.3 is 0 Å². The number of fused-ring (bicyclic) bond motifs is 1. The van der Waals surface area contributed by atoms with Gasteiger partial charge in [0.05, 0.1) is 23.9 Å². The summed E-state index contributed by atoms with van der Waals surface area (Å²) in [6.45, 7) is -0.0476. The molecule has 0 aliphatic heterocycles. The third-order valence-corrected chi connectivity index (χ3v) is 4.58. The molecule has 130 valence electrons. The molecule has 4 rings (SSSR count). The minimum absolute atomic E-state index is 0.0476. The zero-order valence-corrected chi connectivity index (χ0v) is 14.1. The van der Waals surface area contributed by atoms with Crippen LogP contribution in [0.15, 0.2) is 61.1 Å². The maximum Gasteiger partial charge on any atom is 0.243 e. The summed E-state index contributed by atoms with van der Waals surface area (Å²) in [6, 6.07) is 13.4. The number of carbonyl (C=O) groups excluding carboxylic acids is 2. The summed E-state index contributed by atoms with van der Waals surface area (Å²) in [5.74, 6) is -0.258. The molecule has 1 aromatic carbocycles. The topological polar surface area (TPSA) is 84.0 Å². The van der Waals surface area contributed by atoms with Crippen molar-refractivity contribution < 1.29 is 9.59 Å². The Kier molecular flexibility index (Phi) is 4.31. The molecule has 1 aliphatic rings.